The second kappa shape index (κ2) is 6.98. The molecule has 130 valence electrons. The Bertz CT molecular complexity index is 777. The number of nitrogens with zero attached hydrogens (tertiary/aromatic N) is 5. The van der Waals surface area contributed by atoms with E-state index in [1.165, 1.54) is 25.5 Å². The van der Waals surface area contributed by atoms with Crippen LogP contribution in [0.15, 0.2) is 29.2 Å². The zero-order valence-corrected chi connectivity index (χ0v) is 14.9. The van der Waals surface area contributed by atoms with Gasteiger partial charge in [0.05, 0.1) is 17.1 Å². The highest BCUT2D eigenvalue weighted by Crippen LogP contribution is 2.21. The van der Waals surface area contributed by atoms with E-state index in [0.29, 0.717) is 11.4 Å². The van der Waals surface area contributed by atoms with E-state index in [9.17, 15) is 8.42 Å². The molecule has 0 unspecified atom stereocenters. The normalized spacial score (nSPS) is 17.2. The third-order valence-corrected chi connectivity index (χ3v) is 5.82. The number of benzene rings is 1. The second-order valence-electron chi connectivity index (χ2n) is 6.40. The van der Waals surface area contributed by atoms with Crippen LogP contribution in [-0.2, 0) is 16.4 Å². The zero-order valence-electron chi connectivity index (χ0n) is 14.1. The van der Waals surface area contributed by atoms with Crippen LogP contribution in [0.5, 0.6) is 0 Å². The Balaban J connectivity index is 1.74. The first-order chi connectivity index (χ1) is 11.5. The lowest BCUT2D eigenvalue weighted by Gasteiger charge is -2.30. The van der Waals surface area contributed by atoms with E-state index in [2.05, 4.69) is 27.3 Å². The Morgan fingerprint density at radius 2 is 1.83 bits per heavy atom. The number of aromatic nitrogens is 4. The molecule has 3 rings (SSSR count). The average Bonchev–Trinajstić information content (AvgIpc) is 3.03. The number of likely N-dealkylation sites (tertiary alicyclic amines) is 1. The third kappa shape index (κ3) is 3.81. The molecule has 7 nitrogen and oxygen atoms in total. The van der Waals surface area contributed by atoms with Gasteiger partial charge in [0.15, 0.2) is 15.7 Å². The lowest BCUT2D eigenvalue weighted by molar-refractivity contribution is 0.170. The third-order valence-electron chi connectivity index (χ3n) is 4.69. The summed E-state index contributed by atoms with van der Waals surface area (Å²) in [6, 6.07) is 6.64. The maximum atomic E-state index is 11.6. The van der Waals surface area contributed by atoms with E-state index in [0.717, 1.165) is 30.5 Å². The number of tetrazole rings is 1. The summed E-state index contributed by atoms with van der Waals surface area (Å²) >= 11 is 0. The van der Waals surface area contributed by atoms with Crippen LogP contribution in [0, 0.1) is 5.92 Å². The van der Waals surface area contributed by atoms with Crippen molar-refractivity contribution in [2.75, 3.05) is 19.3 Å². The molecule has 0 aliphatic carbocycles. The van der Waals surface area contributed by atoms with Gasteiger partial charge in [-0.1, -0.05) is 13.3 Å². The van der Waals surface area contributed by atoms with E-state index in [4.69, 9.17) is 0 Å². The largest absolute Gasteiger partial charge is 0.296 e. The van der Waals surface area contributed by atoms with Gasteiger partial charge in [0.1, 0.15) is 0 Å². The van der Waals surface area contributed by atoms with Crippen molar-refractivity contribution in [2.45, 2.75) is 37.6 Å². The van der Waals surface area contributed by atoms with Crippen molar-refractivity contribution < 1.29 is 8.42 Å². The van der Waals surface area contributed by atoms with E-state index in [-0.39, 0.29) is 0 Å². The number of hydrogen-bond donors (Lipinski definition) is 0. The van der Waals surface area contributed by atoms with Crippen LogP contribution in [-0.4, -0.2) is 52.9 Å². The second-order valence-corrected chi connectivity index (χ2v) is 8.42. The minimum Gasteiger partial charge on any atom is -0.296 e. The maximum Gasteiger partial charge on any atom is 0.175 e. The molecule has 0 amide bonds. The minimum atomic E-state index is -3.20. The fourth-order valence-corrected chi connectivity index (χ4v) is 3.72. The smallest absolute Gasteiger partial charge is 0.175 e. The quantitative estimate of drug-likeness (QED) is 0.817. The Kier molecular flexibility index (Phi) is 4.96. The van der Waals surface area contributed by atoms with Crippen LogP contribution in [0.4, 0.5) is 0 Å². The van der Waals surface area contributed by atoms with Crippen LogP contribution in [0.3, 0.4) is 0 Å². The number of rotatable bonds is 5. The van der Waals surface area contributed by atoms with E-state index in [1.54, 1.807) is 28.9 Å². The van der Waals surface area contributed by atoms with Gasteiger partial charge in [0, 0.05) is 6.26 Å². The molecule has 0 bridgehead atoms. The van der Waals surface area contributed by atoms with Crippen LogP contribution < -0.4 is 0 Å². The highest BCUT2D eigenvalue weighted by atomic mass is 32.2. The van der Waals surface area contributed by atoms with Crippen molar-refractivity contribution in [1.29, 1.82) is 0 Å². The Labute approximate surface area is 142 Å². The summed E-state index contributed by atoms with van der Waals surface area (Å²) in [4.78, 5) is 2.67. The summed E-state index contributed by atoms with van der Waals surface area (Å²) in [5.41, 5.74) is 0.769. The van der Waals surface area contributed by atoms with Gasteiger partial charge in [0.2, 0.25) is 0 Å². The fraction of sp³-hybridized carbons (Fsp3) is 0.562. The SMILES string of the molecule is CCC1CCN(Cc2nnnn2-c2ccc(S(C)(=O)=O)cc2)CC1. The molecule has 1 aliphatic rings. The zero-order chi connectivity index (χ0) is 17.2. The summed E-state index contributed by atoms with van der Waals surface area (Å²) in [5.74, 6) is 1.61. The topological polar surface area (TPSA) is 81.0 Å². The number of piperidine rings is 1. The molecule has 1 aliphatic heterocycles. The lowest BCUT2D eigenvalue weighted by Crippen LogP contribution is -2.33. The molecule has 0 saturated carbocycles. The molecular formula is C16H23N5O2S. The van der Waals surface area contributed by atoms with Gasteiger partial charge in [-0.05, 0) is 66.5 Å². The summed E-state index contributed by atoms with van der Waals surface area (Å²) in [6.07, 6.45) is 4.89. The van der Waals surface area contributed by atoms with Crippen molar-refractivity contribution in [3.8, 4) is 5.69 Å². The molecule has 24 heavy (non-hydrogen) atoms. The predicted molar refractivity (Wildman–Crippen MR) is 90.6 cm³/mol. The van der Waals surface area contributed by atoms with Gasteiger partial charge in [0.25, 0.3) is 0 Å². The average molecular weight is 349 g/mol. The summed E-state index contributed by atoms with van der Waals surface area (Å²) in [6.45, 7) is 5.09. The van der Waals surface area contributed by atoms with Crippen molar-refractivity contribution >= 4 is 9.84 Å². The maximum absolute atomic E-state index is 11.6. The van der Waals surface area contributed by atoms with Gasteiger partial charge in [-0.2, -0.15) is 4.68 Å². The van der Waals surface area contributed by atoms with Crippen LogP contribution in [0.1, 0.15) is 32.0 Å². The Morgan fingerprint density at radius 3 is 2.42 bits per heavy atom. The minimum absolute atomic E-state index is 0.294. The van der Waals surface area contributed by atoms with Gasteiger partial charge >= 0.3 is 0 Å². The summed E-state index contributed by atoms with van der Waals surface area (Å²) in [5, 5.41) is 12.0. The molecule has 1 fully saturated rings. The molecule has 0 atom stereocenters. The Morgan fingerprint density at radius 1 is 1.17 bits per heavy atom. The standard InChI is InChI=1S/C16H23N5O2S/c1-3-13-8-10-20(11-9-13)12-16-17-18-19-21(16)14-4-6-15(7-5-14)24(2,22)23/h4-7,13H,3,8-12H2,1-2H3. The van der Waals surface area contributed by atoms with E-state index < -0.39 is 9.84 Å². The van der Waals surface area contributed by atoms with Crippen LogP contribution >= 0.6 is 0 Å². The van der Waals surface area contributed by atoms with Gasteiger partial charge in [-0.25, -0.2) is 8.42 Å². The molecule has 0 spiro atoms. The lowest BCUT2D eigenvalue weighted by atomic mass is 9.94. The molecule has 2 heterocycles. The Hall–Kier alpha value is -1.80. The van der Waals surface area contributed by atoms with Gasteiger partial charge < -0.3 is 0 Å². The van der Waals surface area contributed by atoms with Crippen LogP contribution in [0.25, 0.3) is 5.69 Å². The van der Waals surface area contributed by atoms with Crippen molar-refractivity contribution in [3.63, 3.8) is 0 Å². The fourth-order valence-electron chi connectivity index (χ4n) is 3.09. The molecule has 1 aromatic carbocycles. The van der Waals surface area contributed by atoms with Crippen molar-refractivity contribution in [1.82, 2.24) is 25.1 Å². The molecule has 0 radical (unpaired) electrons. The molecule has 0 N–H and O–H groups in total. The monoisotopic (exact) mass is 349 g/mol. The van der Waals surface area contributed by atoms with Crippen molar-refractivity contribution in [2.24, 2.45) is 5.92 Å². The first kappa shape index (κ1) is 17.0. The highest BCUT2D eigenvalue weighted by molar-refractivity contribution is 7.90. The van der Waals surface area contributed by atoms with Gasteiger partial charge in [-0.3, -0.25) is 4.90 Å². The summed E-state index contributed by atoms with van der Waals surface area (Å²) in [7, 11) is -3.20. The molecule has 1 aromatic heterocycles. The first-order valence-corrected chi connectivity index (χ1v) is 10.2. The molecular weight excluding hydrogens is 326 g/mol. The molecule has 2 aromatic rings. The van der Waals surface area contributed by atoms with Crippen LogP contribution in [0.2, 0.25) is 0 Å². The molecule has 1 saturated heterocycles. The number of hydrogen-bond acceptors (Lipinski definition) is 6. The van der Waals surface area contributed by atoms with Gasteiger partial charge in [-0.15, -0.1) is 5.10 Å². The summed E-state index contributed by atoms with van der Waals surface area (Å²) < 4.78 is 24.8. The van der Waals surface area contributed by atoms with E-state index in [1.807, 2.05) is 0 Å². The first-order valence-electron chi connectivity index (χ1n) is 8.27. The molecule has 8 heteroatoms. The predicted octanol–water partition coefficient (Wildman–Crippen LogP) is 1.69. The number of sulfone groups is 1. The van der Waals surface area contributed by atoms with E-state index >= 15 is 0 Å². The van der Waals surface area contributed by atoms with Crippen molar-refractivity contribution in [3.05, 3.63) is 30.1 Å². The highest BCUT2D eigenvalue weighted by Gasteiger charge is 2.20.